The fraction of sp³-hybridized carbons (Fsp3) is 0.333. The van der Waals surface area contributed by atoms with E-state index in [0.717, 1.165) is 12.1 Å². The minimum absolute atomic E-state index is 0.291. The molecule has 106 valence electrons. The Morgan fingerprint density at radius 3 is 2.75 bits per heavy atom. The number of nitrogens with zero attached hydrogens (tertiary/aromatic N) is 3. The Labute approximate surface area is 119 Å². The van der Waals surface area contributed by atoms with Crippen LogP contribution in [0.15, 0.2) is 47.7 Å². The second kappa shape index (κ2) is 6.75. The highest BCUT2D eigenvalue weighted by atomic mass is 15.3. The molecule has 0 saturated heterocycles. The van der Waals surface area contributed by atoms with Crippen molar-refractivity contribution < 1.29 is 0 Å². The van der Waals surface area contributed by atoms with Gasteiger partial charge in [0.25, 0.3) is 0 Å². The first kappa shape index (κ1) is 14.1. The first-order valence-corrected chi connectivity index (χ1v) is 6.75. The van der Waals surface area contributed by atoms with E-state index in [9.17, 15) is 0 Å². The van der Waals surface area contributed by atoms with Gasteiger partial charge in [0, 0.05) is 17.8 Å². The first-order valence-electron chi connectivity index (χ1n) is 6.75. The Morgan fingerprint density at radius 2 is 2.05 bits per heavy atom. The lowest BCUT2D eigenvalue weighted by atomic mass is 10.2. The first-order chi connectivity index (χ1) is 9.63. The van der Waals surface area contributed by atoms with Gasteiger partial charge in [-0.05, 0) is 19.4 Å². The van der Waals surface area contributed by atoms with E-state index in [0.29, 0.717) is 18.5 Å². The fourth-order valence-electron chi connectivity index (χ4n) is 1.86. The van der Waals surface area contributed by atoms with Gasteiger partial charge in [-0.3, -0.25) is 4.68 Å². The van der Waals surface area contributed by atoms with Crippen molar-refractivity contribution in [3.63, 3.8) is 0 Å². The van der Waals surface area contributed by atoms with Gasteiger partial charge in [0.05, 0.1) is 19.3 Å². The molecule has 2 aromatic rings. The monoisotopic (exact) mass is 271 g/mol. The third kappa shape index (κ3) is 4.42. The standard InChI is InChI=1S/C15H21N5/c1-12(2)19-15(16)17-8-14-9-18-20(11-14)10-13-6-4-3-5-7-13/h3-7,9,11-12H,8,10H2,1-2H3,(H3,16,17,19). The maximum absolute atomic E-state index is 5.76. The molecule has 0 amide bonds. The molecular weight excluding hydrogens is 250 g/mol. The quantitative estimate of drug-likeness (QED) is 0.643. The number of hydrogen-bond acceptors (Lipinski definition) is 2. The van der Waals surface area contributed by atoms with Crippen molar-refractivity contribution in [2.45, 2.75) is 33.0 Å². The molecular formula is C15H21N5. The minimum atomic E-state index is 0.291. The van der Waals surface area contributed by atoms with Crippen LogP contribution in [0, 0.1) is 0 Å². The molecule has 5 nitrogen and oxygen atoms in total. The molecule has 1 aromatic heterocycles. The van der Waals surface area contributed by atoms with Gasteiger partial charge < -0.3 is 11.1 Å². The van der Waals surface area contributed by atoms with E-state index in [1.54, 1.807) is 0 Å². The SMILES string of the molecule is CC(C)NC(N)=NCc1cnn(Cc2ccccc2)c1. The van der Waals surface area contributed by atoms with Crippen LogP contribution in [0.25, 0.3) is 0 Å². The summed E-state index contributed by atoms with van der Waals surface area (Å²) in [5.41, 5.74) is 8.04. The van der Waals surface area contributed by atoms with Crippen molar-refractivity contribution in [3.8, 4) is 0 Å². The zero-order valence-corrected chi connectivity index (χ0v) is 12.0. The molecule has 0 saturated carbocycles. The molecule has 5 heteroatoms. The molecule has 1 heterocycles. The van der Waals surface area contributed by atoms with E-state index in [2.05, 4.69) is 27.5 Å². The smallest absolute Gasteiger partial charge is 0.189 e. The van der Waals surface area contributed by atoms with Crippen molar-refractivity contribution >= 4 is 5.96 Å². The van der Waals surface area contributed by atoms with E-state index in [1.807, 2.05) is 49.1 Å². The van der Waals surface area contributed by atoms with Crippen LogP contribution < -0.4 is 11.1 Å². The number of benzene rings is 1. The van der Waals surface area contributed by atoms with E-state index < -0.39 is 0 Å². The van der Waals surface area contributed by atoms with Gasteiger partial charge in [-0.25, -0.2) is 4.99 Å². The summed E-state index contributed by atoms with van der Waals surface area (Å²) in [4.78, 5) is 4.28. The molecule has 1 aromatic carbocycles. The van der Waals surface area contributed by atoms with E-state index in [1.165, 1.54) is 5.56 Å². The summed E-state index contributed by atoms with van der Waals surface area (Å²) >= 11 is 0. The Hall–Kier alpha value is -2.30. The maximum atomic E-state index is 5.76. The molecule has 20 heavy (non-hydrogen) atoms. The summed E-state index contributed by atoms with van der Waals surface area (Å²) in [6.07, 6.45) is 3.83. The molecule has 3 N–H and O–H groups in total. The fourth-order valence-corrected chi connectivity index (χ4v) is 1.86. The van der Waals surface area contributed by atoms with Gasteiger partial charge in [0.1, 0.15) is 0 Å². The molecule has 0 bridgehead atoms. The number of hydrogen-bond donors (Lipinski definition) is 2. The Balaban J connectivity index is 1.92. The van der Waals surface area contributed by atoms with Crippen LogP contribution in [-0.2, 0) is 13.1 Å². The summed E-state index contributed by atoms with van der Waals surface area (Å²) in [7, 11) is 0. The van der Waals surface area contributed by atoms with Crippen LogP contribution in [0.5, 0.6) is 0 Å². The molecule has 0 spiro atoms. The van der Waals surface area contributed by atoms with E-state index >= 15 is 0 Å². The summed E-state index contributed by atoms with van der Waals surface area (Å²) < 4.78 is 1.91. The number of nitrogens with two attached hydrogens (primary N) is 1. The summed E-state index contributed by atoms with van der Waals surface area (Å²) in [6.45, 7) is 5.37. The second-order valence-corrected chi connectivity index (χ2v) is 5.03. The largest absolute Gasteiger partial charge is 0.370 e. The van der Waals surface area contributed by atoms with Gasteiger partial charge >= 0.3 is 0 Å². The zero-order valence-electron chi connectivity index (χ0n) is 12.0. The number of aliphatic imine (C=N–C) groups is 1. The highest BCUT2D eigenvalue weighted by Gasteiger charge is 2.00. The lowest BCUT2D eigenvalue weighted by molar-refractivity contribution is 0.686. The van der Waals surface area contributed by atoms with Crippen LogP contribution in [-0.4, -0.2) is 21.8 Å². The minimum Gasteiger partial charge on any atom is -0.370 e. The molecule has 0 aliphatic rings. The van der Waals surface area contributed by atoms with Crippen LogP contribution >= 0.6 is 0 Å². The van der Waals surface area contributed by atoms with E-state index in [-0.39, 0.29) is 0 Å². The average molecular weight is 271 g/mol. The van der Waals surface area contributed by atoms with Crippen molar-refractivity contribution in [2.24, 2.45) is 10.7 Å². The Bertz CT molecular complexity index is 557. The predicted molar refractivity (Wildman–Crippen MR) is 81.4 cm³/mol. The lowest BCUT2D eigenvalue weighted by Crippen LogP contribution is -2.36. The summed E-state index contributed by atoms with van der Waals surface area (Å²) in [5.74, 6) is 0.468. The van der Waals surface area contributed by atoms with Crippen LogP contribution in [0.3, 0.4) is 0 Å². The van der Waals surface area contributed by atoms with Crippen LogP contribution in [0.1, 0.15) is 25.0 Å². The van der Waals surface area contributed by atoms with Crippen molar-refractivity contribution in [3.05, 3.63) is 53.9 Å². The second-order valence-electron chi connectivity index (χ2n) is 5.03. The van der Waals surface area contributed by atoms with Crippen molar-refractivity contribution in [1.29, 1.82) is 0 Å². The van der Waals surface area contributed by atoms with Gasteiger partial charge in [0.2, 0.25) is 0 Å². The van der Waals surface area contributed by atoms with Gasteiger partial charge in [-0.2, -0.15) is 5.10 Å². The molecule has 0 fully saturated rings. The Morgan fingerprint density at radius 1 is 1.30 bits per heavy atom. The Kier molecular flexibility index (Phi) is 4.76. The molecule has 0 radical (unpaired) electrons. The number of rotatable bonds is 5. The normalized spacial score (nSPS) is 11.8. The third-order valence-corrected chi connectivity index (χ3v) is 2.74. The third-order valence-electron chi connectivity index (χ3n) is 2.74. The highest BCUT2D eigenvalue weighted by molar-refractivity contribution is 5.78. The predicted octanol–water partition coefficient (Wildman–Crippen LogP) is 1.74. The number of guanidine groups is 1. The molecule has 0 unspecified atom stereocenters. The molecule has 2 rings (SSSR count). The maximum Gasteiger partial charge on any atom is 0.189 e. The van der Waals surface area contributed by atoms with Gasteiger partial charge in [-0.1, -0.05) is 30.3 Å². The lowest BCUT2D eigenvalue weighted by Gasteiger charge is -2.07. The molecule has 0 atom stereocenters. The molecule has 0 aliphatic carbocycles. The van der Waals surface area contributed by atoms with Gasteiger partial charge in [-0.15, -0.1) is 0 Å². The van der Waals surface area contributed by atoms with Crippen molar-refractivity contribution in [1.82, 2.24) is 15.1 Å². The average Bonchev–Trinajstić information content (AvgIpc) is 2.84. The van der Waals surface area contributed by atoms with E-state index in [4.69, 9.17) is 5.73 Å². The zero-order chi connectivity index (χ0) is 14.4. The summed E-state index contributed by atoms with van der Waals surface area (Å²) in [6, 6.07) is 10.5. The summed E-state index contributed by atoms with van der Waals surface area (Å²) in [5, 5.41) is 7.40. The topological polar surface area (TPSA) is 68.2 Å². The highest BCUT2D eigenvalue weighted by Crippen LogP contribution is 2.04. The number of nitrogens with one attached hydrogen (secondary N) is 1. The van der Waals surface area contributed by atoms with Crippen LogP contribution in [0.2, 0.25) is 0 Å². The molecule has 0 aliphatic heterocycles. The number of aromatic nitrogens is 2. The van der Waals surface area contributed by atoms with Gasteiger partial charge in [0.15, 0.2) is 5.96 Å². The van der Waals surface area contributed by atoms with Crippen molar-refractivity contribution in [2.75, 3.05) is 0 Å². The van der Waals surface area contributed by atoms with Crippen LogP contribution in [0.4, 0.5) is 0 Å².